The first-order valence-electron chi connectivity index (χ1n) is 9.23. The third-order valence-electron chi connectivity index (χ3n) is 4.91. The van der Waals surface area contributed by atoms with Crippen LogP contribution in [0.2, 0.25) is 5.02 Å². The van der Waals surface area contributed by atoms with Crippen LogP contribution in [0.15, 0.2) is 54.7 Å². The van der Waals surface area contributed by atoms with E-state index in [4.69, 9.17) is 11.6 Å². The number of piperidine rings is 1. The molecule has 29 heavy (non-hydrogen) atoms. The lowest BCUT2D eigenvalue weighted by molar-refractivity contribution is 0.102. The van der Waals surface area contributed by atoms with Crippen molar-refractivity contribution in [2.24, 2.45) is 0 Å². The lowest BCUT2D eigenvalue weighted by atomic mass is 9.91. The van der Waals surface area contributed by atoms with Crippen LogP contribution in [0.4, 0.5) is 10.1 Å². The SMILES string of the molecule is Cl.O=C(Nc1cccc(Cl)c1)c1cnn(-c2cccc(F)c2)c1C1CCNCC1. The van der Waals surface area contributed by atoms with E-state index >= 15 is 0 Å². The lowest BCUT2D eigenvalue weighted by Crippen LogP contribution is -2.29. The topological polar surface area (TPSA) is 59.0 Å². The van der Waals surface area contributed by atoms with Gasteiger partial charge in [-0.2, -0.15) is 5.10 Å². The summed E-state index contributed by atoms with van der Waals surface area (Å²) in [7, 11) is 0. The molecule has 1 aromatic heterocycles. The quantitative estimate of drug-likeness (QED) is 0.619. The standard InChI is InChI=1S/C21H20ClFN4O.ClH/c22-15-3-1-5-17(11-15)26-21(28)19-13-25-27(18-6-2-4-16(23)12-18)20(19)14-7-9-24-10-8-14;/h1-6,11-14,24H,7-10H2,(H,26,28);1H. The zero-order valence-corrected chi connectivity index (χ0v) is 17.1. The van der Waals surface area contributed by atoms with Gasteiger partial charge in [0, 0.05) is 16.6 Å². The van der Waals surface area contributed by atoms with Crippen molar-refractivity contribution >= 4 is 35.6 Å². The van der Waals surface area contributed by atoms with Crippen molar-refractivity contribution in [3.8, 4) is 5.69 Å². The Kier molecular flexibility index (Phi) is 6.90. The molecule has 1 amide bonds. The molecule has 0 unspecified atom stereocenters. The van der Waals surface area contributed by atoms with Gasteiger partial charge in [-0.05, 0) is 62.3 Å². The van der Waals surface area contributed by atoms with Crippen LogP contribution in [-0.4, -0.2) is 28.8 Å². The molecule has 1 aliphatic heterocycles. The van der Waals surface area contributed by atoms with Crippen LogP contribution in [0.25, 0.3) is 5.69 Å². The molecule has 1 aliphatic rings. The fraction of sp³-hybridized carbons (Fsp3) is 0.238. The Hall–Kier alpha value is -2.41. The molecule has 2 N–H and O–H groups in total. The highest BCUT2D eigenvalue weighted by Gasteiger charge is 2.27. The van der Waals surface area contributed by atoms with Crippen molar-refractivity contribution in [2.75, 3.05) is 18.4 Å². The van der Waals surface area contributed by atoms with Crippen molar-refractivity contribution in [3.63, 3.8) is 0 Å². The number of aromatic nitrogens is 2. The van der Waals surface area contributed by atoms with E-state index in [1.807, 2.05) is 0 Å². The summed E-state index contributed by atoms with van der Waals surface area (Å²) in [5.74, 6) is -0.431. The predicted molar refractivity (Wildman–Crippen MR) is 115 cm³/mol. The maximum Gasteiger partial charge on any atom is 0.259 e. The van der Waals surface area contributed by atoms with E-state index in [1.54, 1.807) is 47.3 Å². The molecule has 3 aromatic rings. The first-order chi connectivity index (χ1) is 13.6. The number of anilines is 1. The van der Waals surface area contributed by atoms with Crippen LogP contribution in [0.3, 0.4) is 0 Å². The maximum atomic E-state index is 13.8. The summed E-state index contributed by atoms with van der Waals surface area (Å²) in [6.45, 7) is 1.74. The molecule has 0 atom stereocenters. The van der Waals surface area contributed by atoms with Crippen molar-refractivity contribution in [2.45, 2.75) is 18.8 Å². The Morgan fingerprint density at radius 1 is 1.17 bits per heavy atom. The Morgan fingerprint density at radius 3 is 2.66 bits per heavy atom. The molecule has 1 saturated heterocycles. The minimum atomic E-state index is -0.339. The van der Waals surface area contributed by atoms with Crippen molar-refractivity contribution in [3.05, 3.63) is 76.8 Å². The van der Waals surface area contributed by atoms with Gasteiger partial charge in [-0.3, -0.25) is 4.79 Å². The third-order valence-corrected chi connectivity index (χ3v) is 5.15. The van der Waals surface area contributed by atoms with Crippen molar-refractivity contribution in [1.82, 2.24) is 15.1 Å². The zero-order valence-electron chi connectivity index (χ0n) is 15.6. The molecule has 5 nitrogen and oxygen atoms in total. The van der Waals surface area contributed by atoms with Crippen molar-refractivity contribution < 1.29 is 9.18 Å². The van der Waals surface area contributed by atoms with E-state index in [2.05, 4.69) is 15.7 Å². The summed E-state index contributed by atoms with van der Waals surface area (Å²) in [5, 5.41) is 11.2. The number of hydrogen-bond acceptors (Lipinski definition) is 3. The second-order valence-corrected chi connectivity index (χ2v) is 7.26. The van der Waals surface area contributed by atoms with E-state index in [-0.39, 0.29) is 30.0 Å². The third kappa shape index (κ3) is 4.78. The Morgan fingerprint density at radius 2 is 1.93 bits per heavy atom. The van der Waals surface area contributed by atoms with Gasteiger partial charge >= 0.3 is 0 Å². The van der Waals surface area contributed by atoms with Gasteiger partial charge in [-0.1, -0.05) is 23.7 Å². The Labute approximate surface area is 179 Å². The van der Waals surface area contributed by atoms with E-state index in [9.17, 15) is 9.18 Å². The highest BCUT2D eigenvalue weighted by Crippen LogP contribution is 2.31. The molecule has 0 saturated carbocycles. The number of benzene rings is 2. The molecule has 0 spiro atoms. The Bertz CT molecular complexity index is 1000. The average molecular weight is 435 g/mol. The van der Waals surface area contributed by atoms with Gasteiger partial charge in [0.05, 0.1) is 23.1 Å². The van der Waals surface area contributed by atoms with E-state index < -0.39 is 0 Å². The van der Waals surface area contributed by atoms with Gasteiger partial charge < -0.3 is 10.6 Å². The number of nitrogens with zero attached hydrogens (tertiary/aromatic N) is 2. The molecule has 4 rings (SSSR count). The van der Waals surface area contributed by atoms with Crippen LogP contribution in [0, 0.1) is 5.82 Å². The molecule has 152 valence electrons. The number of nitrogens with one attached hydrogen (secondary N) is 2. The van der Waals surface area contributed by atoms with Crippen molar-refractivity contribution in [1.29, 1.82) is 0 Å². The summed E-state index contributed by atoms with van der Waals surface area (Å²) in [4.78, 5) is 13.0. The monoisotopic (exact) mass is 434 g/mol. The van der Waals surface area contributed by atoms with Gasteiger partial charge in [0.25, 0.3) is 5.91 Å². The maximum absolute atomic E-state index is 13.8. The Balaban J connectivity index is 0.00000240. The summed E-state index contributed by atoms with van der Waals surface area (Å²) in [6, 6.07) is 13.3. The van der Waals surface area contributed by atoms with Gasteiger partial charge in [0.1, 0.15) is 5.82 Å². The first-order valence-corrected chi connectivity index (χ1v) is 9.61. The normalized spacial score (nSPS) is 14.3. The molecule has 2 heterocycles. The summed E-state index contributed by atoms with van der Waals surface area (Å²) < 4.78 is 15.5. The van der Waals surface area contributed by atoms with Crippen LogP contribution in [0.1, 0.15) is 34.8 Å². The second-order valence-electron chi connectivity index (χ2n) is 6.82. The fourth-order valence-electron chi connectivity index (χ4n) is 3.60. The molecular weight excluding hydrogens is 414 g/mol. The zero-order chi connectivity index (χ0) is 19.5. The largest absolute Gasteiger partial charge is 0.322 e. The van der Waals surface area contributed by atoms with Crippen LogP contribution in [-0.2, 0) is 0 Å². The lowest BCUT2D eigenvalue weighted by Gasteiger charge is -2.24. The molecule has 0 bridgehead atoms. The molecule has 0 aliphatic carbocycles. The van der Waals surface area contributed by atoms with E-state index in [1.165, 1.54) is 12.1 Å². The number of rotatable bonds is 4. The highest BCUT2D eigenvalue weighted by molar-refractivity contribution is 6.31. The number of halogens is 3. The number of hydrogen-bond donors (Lipinski definition) is 2. The molecule has 1 fully saturated rings. The first kappa shape index (κ1) is 21.3. The predicted octanol–water partition coefficient (Wildman–Crippen LogP) is 4.81. The number of carbonyl (C=O) groups excluding carboxylic acids is 1. The number of carbonyl (C=O) groups is 1. The molecule has 2 aromatic carbocycles. The fourth-order valence-corrected chi connectivity index (χ4v) is 3.79. The second kappa shape index (κ2) is 9.39. The summed E-state index contributed by atoms with van der Waals surface area (Å²) in [5.41, 5.74) is 2.53. The summed E-state index contributed by atoms with van der Waals surface area (Å²) in [6.07, 6.45) is 3.33. The van der Waals surface area contributed by atoms with Crippen LogP contribution in [0.5, 0.6) is 0 Å². The van der Waals surface area contributed by atoms with Gasteiger partial charge in [-0.15, -0.1) is 12.4 Å². The van der Waals surface area contributed by atoms with Crippen LogP contribution < -0.4 is 10.6 Å². The number of amides is 1. The van der Waals surface area contributed by atoms with Gasteiger partial charge in [0.15, 0.2) is 0 Å². The summed E-state index contributed by atoms with van der Waals surface area (Å²) >= 11 is 6.02. The van der Waals surface area contributed by atoms with E-state index in [0.717, 1.165) is 31.6 Å². The average Bonchev–Trinajstić information content (AvgIpc) is 3.14. The van der Waals surface area contributed by atoms with Crippen LogP contribution >= 0.6 is 24.0 Å². The highest BCUT2D eigenvalue weighted by atomic mass is 35.5. The molecule has 0 radical (unpaired) electrons. The van der Waals surface area contributed by atoms with Gasteiger partial charge in [0.2, 0.25) is 0 Å². The minimum absolute atomic E-state index is 0. The van der Waals surface area contributed by atoms with E-state index in [0.29, 0.717) is 22.0 Å². The molecule has 8 heteroatoms. The van der Waals surface area contributed by atoms with Gasteiger partial charge in [-0.25, -0.2) is 9.07 Å². The smallest absolute Gasteiger partial charge is 0.259 e. The molecular formula is C21H21Cl2FN4O. The minimum Gasteiger partial charge on any atom is -0.322 e.